The predicted molar refractivity (Wildman–Crippen MR) is 97.3 cm³/mol. The quantitative estimate of drug-likeness (QED) is 0.897. The second kappa shape index (κ2) is 7.00. The first-order valence-electron chi connectivity index (χ1n) is 9.03. The van der Waals surface area contributed by atoms with Crippen LogP contribution in [0, 0.1) is 0 Å². The number of hydrogen-bond donors (Lipinski definition) is 1. The van der Waals surface area contributed by atoms with Crippen LogP contribution < -0.4 is 9.47 Å². The van der Waals surface area contributed by atoms with Gasteiger partial charge in [-0.3, -0.25) is 4.79 Å². The van der Waals surface area contributed by atoms with E-state index >= 15 is 0 Å². The van der Waals surface area contributed by atoms with Crippen molar-refractivity contribution in [1.82, 2.24) is 4.90 Å². The Kier molecular flexibility index (Phi) is 4.55. The van der Waals surface area contributed by atoms with E-state index in [-0.39, 0.29) is 24.7 Å². The highest BCUT2D eigenvalue weighted by Gasteiger charge is 2.40. The molecule has 2 heterocycles. The number of rotatable bonds is 5. The van der Waals surface area contributed by atoms with Gasteiger partial charge < -0.3 is 19.5 Å². The summed E-state index contributed by atoms with van der Waals surface area (Å²) in [5.41, 5.74) is 1.76. The van der Waals surface area contributed by atoms with Gasteiger partial charge in [0.15, 0.2) is 11.5 Å². The van der Waals surface area contributed by atoms with Gasteiger partial charge in [0.05, 0.1) is 6.61 Å². The topological polar surface area (TPSA) is 59.0 Å². The molecule has 0 bridgehead atoms. The lowest BCUT2D eigenvalue weighted by molar-refractivity contribution is -0.130. The first-order chi connectivity index (χ1) is 12.7. The number of benzene rings is 2. The van der Waals surface area contributed by atoms with Crippen LogP contribution in [0.4, 0.5) is 0 Å². The molecule has 0 aromatic heterocycles. The molecule has 1 N–H and O–H groups in total. The zero-order chi connectivity index (χ0) is 18.0. The van der Waals surface area contributed by atoms with E-state index in [2.05, 4.69) is 0 Å². The van der Waals surface area contributed by atoms with Crippen LogP contribution in [0.25, 0.3) is 0 Å². The van der Waals surface area contributed by atoms with Crippen molar-refractivity contribution in [3.8, 4) is 11.5 Å². The molecule has 136 valence electrons. The number of aliphatic hydroxyl groups is 1. The molecule has 0 radical (unpaired) electrons. The summed E-state index contributed by atoms with van der Waals surface area (Å²) < 4.78 is 10.9. The molecule has 1 saturated heterocycles. The Hall–Kier alpha value is -2.53. The van der Waals surface area contributed by atoms with Gasteiger partial charge in [0.25, 0.3) is 0 Å². The van der Waals surface area contributed by atoms with Crippen LogP contribution >= 0.6 is 0 Å². The van der Waals surface area contributed by atoms with Crippen LogP contribution in [0.5, 0.6) is 11.5 Å². The van der Waals surface area contributed by atoms with Gasteiger partial charge in [0.1, 0.15) is 0 Å². The molecule has 2 aliphatic heterocycles. The number of amides is 1. The first-order valence-corrected chi connectivity index (χ1v) is 9.03. The highest BCUT2D eigenvalue weighted by molar-refractivity contribution is 5.77. The number of aliphatic hydroxyl groups excluding tert-OH is 1. The lowest BCUT2D eigenvalue weighted by Gasteiger charge is -2.27. The van der Waals surface area contributed by atoms with Gasteiger partial charge in [-0.2, -0.15) is 0 Å². The third kappa shape index (κ3) is 3.03. The SMILES string of the molecule is O=C(CCc1cccc2c1OCO2)N1CCC(CO)(c2ccccc2)C1. The highest BCUT2D eigenvalue weighted by atomic mass is 16.7. The van der Waals surface area contributed by atoms with E-state index in [0.29, 0.717) is 25.9 Å². The van der Waals surface area contributed by atoms with Gasteiger partial charge in [-0.05, 0) is 30.0 Å². The van der Waals surface area contributed by atoms with Crippen LogP contribution in [-0.4, -0.2) is 42.4 Å². The number of para-hydroxylation sites is 1. The number of hydrogen-bond acceptors (Lipinski definition) is 4. The lowest BCUT2D eigenvalue weighted by Crippen LogP contribution is -2.37. The summed E-state index contributed by atoms with van der Waals surface area (Å²) in [6, 6.07) is 15.8. The van der Waals surface area contributed by atoms with Crippen molar-refractivity contribution < 1.29 is 19.4 Å². The average Bonchev–Trinajstić information content (AvgIpc) is 3.34. The van der Waals surface area contributed by atoms with Gasteiger partial charge in [-0.1, -0.05) is 42.5 Å². The summed E-state index contributed by atoms with van der Waals surface area (Å²) >= 11 is 0. The van der Waals surface area contributed by atoms with Gasteiger partial charge in [0.2, 0.25) is 12.7 Å². The third-order valence-electron chi connectivity index (χ3n) is 5.48. The second-order valence-corrected chi connectivity index (χ2v) is 7.02. The van der Waals surface area contributed by atoms with Crippen molar-refractivity contribution in [2.24, 2.45) is 0 Å². The molecule has 0 aliphatic carbocycles. The molecule has 1 atom stereocenters. The summed E-state index contributed by atoms with van der Waals surface area (Å²) in [5, 5.41) is 10.0. The van der Waals surface area contributed by atoms with Crippen LogP contribution in [-0.2, 0) is 16.6 Å². The molecule has 0 saturated carbocycles. The second-order valence-electron chi connectivity index (χ2n) is 7.02. The smallest absolute Gasteiger partial charge is 0.231 e. The van der Waals surface area contributed by atoms with E-state index in [1.807, 2.05) is 53.4 Å². The molecule has 5 heteroatoms. The first kappa shape index (κ1) is 16.9. The molecule has 1 unspecified atom stereocenters. The molecule has 0 spiro atoms. The van der Waals surface area contributed by atoms with E-state index in [1.165, 1.54) is 0 Å². The zero-order valence-corrected chi connectivity index (χ0v) is 14.7. The minimum atomic E-state index is -0.345. The van der Waals surface area contributed by atoms with E-state index in [4.69, 9.17) is 9.47 Å². The van der Waals surface area contributed by atoms with Crippen molar-refractivity contribution in [1.29, 1.82) is 0 Å². The van der Waals surface area contributed by atoms with Crippen LogP contribution in [0.1, 0.15) is 24.0 Å². The summed E-state index contributed by atoms with van der Waals surface area (Å²) in [7, 11) is 0. The summed E-state index contributed by atoms with van der Waals surface area (Å²) in [6.45, 7) is 1.54. The molecular weight excluding hydrogens is 330 g/mol. The molecule has 2 aromatic rings. The Morgan fingerprint density at radius 1 is 1.12 bits per heavy atom. The fourth-order valence-corrected chi connectivity index (χ4v) is 3.92. The summed E-state index contributed by atoms with van der Waals surface area (Å²) in [6.07, 6.45) is 1.84. The van der Waals surface area contributed by atoms with Crippen molar-refractivity contribution in [2.45, 2.75) is 24.7 Å². The van der Waals surface area contributed by atoms with Crippen molar-refractivity contribution in [3.63, 3.8) is 0 Å². The number of ether oxygens (including phenoxy) is 2. The molecule has 1 fully saturated rings. The van der Waals surface area contributed by atoms with E-state index < -0.39 is 0 Å². The maximum atomic E-state index is 12.7. The fourth-order valence-electron chi connectivity index (χ4n) is 3.92. The molecule has 1 amide bonds. The highest BCUT2D eigenvalue weighted by Crippen LogP contribution is 2.37. The fraction of sp³-hybridized carbons (Fsp3) is 0.381. The third-order valence-corrected chi connectivity index (χ3v) is 5.48. The van der Waals surface area contributed by atoms with E-state index in [9.17, 15) is 9.90 Å². The van der Waals surface area contributed by atoms with Crippen LogP contribution in [0.15, 0.2) is 48.5 Å². The van der Waals surface area contributed by atoms with Gasteiger partial charge in [-0.25, -0.2) is 0 Å². The monoisotopic (exact) mass is 353 g/mol. The average molecular weight is 353 g/mol. The predicted octanol–water partition coefficient (Wildman–Crippen LogP) is 2.51. The standard InChI is InChI=1S/C21H23NO4/c23-14-21(17-6-2-1-3-7-17)11-12-22(13-21)19(24)10-9-16-5-4-8-18-20(16)26-15-25-18/h1-8,23H,9-15H2. The van der Waals surface area contributed by atoms with Crippen LogP contribution in [0.3, 0.4) is 0 Å². The normalized spacial score (nSPS) is 21.2. The molecular formula is C21H23NO4. The van der Waals surface area contributed by atoms with E-state index in [0.717, 1.165) is 29.0 Å². The van der Waals surface area contributed by atoms with E-state index in [1.54, 1.807) is 0 Å². The Morgan fingerprint density at radius 2 is 1.96 bits per heavy atom. The number of carbonyl (C=O) groups is 1. The Morgan fingerprint density at radius 3 is 2.77 bits per heavy atom. The number of carbonyl (C=O) groups excluding carboxylic acids is 1. The van der Waals surface area contributed by atoms with Gasteiger partial charge in [-0.15, -0.1) is 0 Å². The van der Waals surface area contributed by atoms with Crippen LogP contribution in [0.2, 0.25) is 0 Å². The maximum absolute atomic E-state index is 12.7. The van der Waals surface area contributed by atoms with Crippen molar-refractivity contribution in [2.75, 3.05) is 26.5 Å². The number of fused-ring (bicyclic) bond motifs is 1. The molecule has 4 rings (SSSR count). The maximum Gasteiger partial charge on any atom is 0.231 e. The Labute approximate surface area is 153 Å². The number of aryl methyl sites for hydroxylation is 1. The Bertz CT molecular complexity index is 792. The molecule has 2 aromatic carbocycles. The zero-order valence-electron chi connectivity index (χ0n) is 14.7. The molecule has 2 aliphatic rings. The largest absolute Gasteiger partial charge is 0.454 e. The number of nitrogens with zero attached hydrogens (tertiary/aromatic N) is 1. The number of likely N-dealkylation sites (tertiary alicyclic amines) is 1. The minimum Gasteiger partial charge on any atom is -0.454 e. The molecule has 5 nitrogen and oxygen atoms in total. The van der Waals surface area contributed by atoms with Gasteiger partial charge >= 0.3 is 0 Å². The summed E-state index contributed by atoms with van der Waals surface area (Å²) in [5.74, 6) is 1.63. The summed E-state index contributed by atoms with van der Waals surface area (Å²) in [4.78, 5) is 14.6. The lowest BCUT2D eigenvalue weighted by atomic mass is 9.80. The van der Waals surface area contributed by atoms with Gasteiger partial charge in [0, 0.05) is 24.9 Å². The Balaban J connectivity index is 1.41. The van der Waals surface area contributed by atoms with Crippen molar-refractivity contribution in [3.05, 3.63) is 59.7 Å². The molecule has 26 heavy (non-hydrogen) atoms. The minimum absolute atomic E-state index is 0.0537. The van der Waals surface area contributed by atoms with Crippen molar-refractivity contribution >= 4 is 5.91 Å².